The summed E-state index contributed by atoms with van der Waals surface area (Å²) in [5, 5.41) is 8.32. The molecule has 0 amide bonds. The van der Waals surface area contributed by atoms with Gasteiger partial charge in [0, 0.05) is 16.8 Å². The number of sulfone groups is 1. The van der Waals surface area contributed by atoms with Crippen LogP contribution in [0.2, 0.25) is 5.02 Å². The SMILES string of the molecule is Cc1ccc(S(C)(=O)=O)cc1C(=O)OCc1nnc(-c2ccc(Cl)cc2)o1. The lowest BCUT2D eigenvalue weighted by molar-refractivity contribution is 0.0437. The molecule has 0 saturated heterocycles. The highest BCUT2D eigenvalue weighted by molar-refractivity contribution is 7.90. The highest BCUT2D eigenvalue weighted by atomic mass is 35.5. The maximum Gasteiger partial charge on any atom is 0.338 e. The Balaban J connectivity index is 1.72. The average molecular weight is 407 g/mol. The lowest BCUT2D eigenvalue weighted by Gasteiger charge is -2.07. The van der Waals surface area contributed by atoms with E-state index < -0.39 is 15.8 Å². The molecule has 27 heavy (non-hydrogen) atoms. The van der Waals surface area contributed by atoms with Crippen LogP contribution in [-0.4, -0.2) is 30.8 Å². The van der Waals surface area contributed by atoms with Gasteiger partial charge in [-0.05, 0) is 48.9 Å². The third-order valence-corrected chi connectivity index (χ3v) is 5.10. The number of aryl methyl sites for hydroxylation is 1. The molecule has 7 nitrogen and oxygen atoms in total. The first kappa shape index (κ1) is 19.1. The van der Waals surface area contributed by atoms with Gasteiger partial charge < -0.3 is 9.15 Å². The van der Waals surface area contributed by atoms with Crippen molar-refractivity contribution in [1.29, 1.82) is 0 Å². The van der Waals surface area contributed by atoms with Gasteiger partial charge in [-0.15, -0.1) is 10.2 Å². The predicted octanol–water partition coefficient (Wildman–Crippen LogP) is 3.46. The number of aromatic nitrogens is 2. The van der Waals surface area contributed by atoms with Crippen molar-refractivity contribution in [3.05, 3.63) is 64.5 Å². The molecule has 0 saturated carbocycles. The van der Waals surface area contributed by atoms with Gasteiger partial charge >= 0.3 is 5.97 Å². The van der Waals surface area contributed by atoms with Crippen LogP contribution in [0, 0.1) is 6.92 Å². The summed E-state index contributed by atoms with van der Waals surface area (Å²) in [5.74, 6) is -0.289. The molecule has 0 N–H and O–H groups in total. The first-order valence-electron chi connectivity index (χ1n) is 7.80. The molecule has 0 bridgehead atoms. The molecule has 1 heterocycles. The second-order valence-corrected chi connectivity index (χ2v) is 8.29. The zero-order valence-corrected chi connectivity index (χ0v) is 16.0. The minimum atomic E-state index is -3.43. The summed E-state index contributed by atoms with van der Waals surface area (Å²) in [6, 6.07) is 11.1. The Morgan fingerprint density at radius 3 is 2.52 bits per heavy atom. The summed E-state index contributed by atoms with van der Waals surface area (Å²) in [5.41, 5.74) is 1.44. The molecule has 0 spiro atoms. The minimum absolute atomic E-state index is 0.0443. The first-order chi connectivity index (χ1) is 12.7. The number of hydrogen-bond donors (Lipinski definition) is 0. The van der Waals surface area contributed by atoms with Crippen LogP contribution in [0.25, 0.3) is 11.5 Å². The molecule has 0 fully saturated rings. The van der Waals surface area contributed by atoms with Gasteiger partial charge in [0.2, 0.25) is 5.89 Å². The van der Waals surface area contributed by atoms with Crippen LogP contribution in [0.5, 0.6) is 0 Å². The number of carbonyl (C=O) groups is 1. The van der Waals surface area contributed by atoms with Crippen LogP contribution in [0.15, 0.2) is 51.8 Å². The lowest BCUT2D eigenvalue weighted by Crippen LogP contribution is -2.09. The van der Waals surface area contributed by atoms with Gasteiger partial charge in [-0.25, -0.2) is 13.2 Å². The third kappa shape index (κ3) is 4.53. The van der Waals surface area contributed by atoms with Crippen LogP contribution in [0.1, 0.15) is 21.8 Å². The molecule has 0 aliphatic heterocycles. The third-order valence-electron chi connectivity index (χ3n) is 3.74. The predicted molar refractivity (Wildman–Crippen MR) is 98.2 cm³/mol. The van der Waals surface area contributed by atoms with Crippen molar-refractivity contribution in [1.82, 2.24) is 10.2 Å². The van der Waals surface area contributed by atoms with Gasteiger partial charge in [-0.1, -0.05) is 17.7 Å². The number of benzene rings is 2. The lowest BCUT2D eigenvalue weighted by atomic mass is 10.1. The van der Waals surface area contributed by atoms with Crippen LogP contribution in [0.4, 0.5) is 0 Å². The second-order valence-electron chi connectivity index (χ2n) is 5.83. The molecule has 3 aromatic rings. The van der Waals surface area contributed by atoms with Crippen LogP contribution < -0.4 is 0 Å². The average Bonchev–Trinajstić information content (AvgIpc) is 3.08. The van der Waals surface area contributed by atoms with E-state index in [0.29, 0.717) is 16.1 Å². The topological polar surface area (TPSA) is 99.4 Å². The number of carbonyl (C=O) groups excluding carboxylic acids is 1. The molecule has 0 unspecified atom stereocenters. The molecule has 140 valence electrons. The van der Waals surface area contributed by atoms with E-state index in [1.54, 1.807) is 37.3 Å². The van der Waals surface area contributed by atoms with E-state index in [1.807, 2.05) is 0 Å². The van der Waals surface area contributed by atoms with Crippen molar-refractivity contribution >= 4 is 27.4 Å². The van der Waals surface area contributed by atoms with Crippen LogP contribution in [0.3, 0.4) is 0 Å². The van der Waals surface area contributed by atoms with Crippen molar-refractivity contribution in [2.75, 3.05) is 6.26 Å². The Morgan fingerprint density at radius 1 is 1.15 bits per heavy atom. The van der Waals surface area contributed by atoms with Crippen molar-refractivity contribution in [3.63, 3.8) is 0 Å². The number of rotatable bonds is 5. The number of nitrogens with zero attached hydrogens (tertiary/aromatic N) is 2. The summed E-state index contributed by atoms with van der Waals surface area (Å²) < 4.78 is 34.0. The van der Waals surface area contributed by atoms with Gasteiger partial charge in [0.25, 0.3) is 5.89 Å². The van der Waals surface area contributed by atoms with Crippen molar-refractivity contribution < 1.29 is 22.4 Å². The van der Waals surface area contributed by atoms with Crippen molar-refractivity contribution in [2.24, 2.45) is 0 Å². The van der Waals surface area contributed by atoms with Crippen molar-refractivity contribution in [3.8, 4) is 11.5 Å². The standard InChI is InChI=1S/C18H15ClN2O5S/c1-11-3-8-14(27(2,23)24)9-15(11)18(22)25-10-16-20-21-17(26-16)12-4-6-13(19)7-5-12/h3-9H,10H2,1-2H3. The zero-order valence-electron chi connectivity index (χ0n) is 14.5. The highest BCUT2D eigenvalue weighted by Gasteiger charge is 2.17. The Labute approximate surface area is 160 Å². The summed E-state index contributed by atoms with van der Waals surface area (Å²) >= 11 is 5.84. The van der Waals surface area contributed by atoms with E-state index in [0.717, 1.165) is 6.26 Å². The summed E-state index contributed by atoms with van der Waals surface area (Å²) in [6.07, 6.45) is 1.07. The van der Waals surface area contributed by atoms with E-state index in [4.69, 9.17) is 20.8 Å². The monoisotopic (exact) mass is 406 g/mol. The normalized spacial score (nSPS) is 11.4. The van der Waals surface area contributed by atoms with Gasteiger partial charge in [-0.2, -0.15) is 0 Å². The zero-order chi connectivity index (χ0) is 19.6. The first-order valence-corrected chi connectivity index (χ1v) is 10.1. The van der Waals surface area contributed by atoms with Gasteiger partial charge in [0.05, 0.1) is 10.5 Å². The molecule has 0 aliphatic carbocycles. The Bertz CT molecular complexity index is 1090. The number of hydrogen-bond acceptors (Lipinski definition) is 7. The van der Waals surface area contributed by atoms with E-state index in [-0.39, 0.29) is 28.8 Å². The Morgan fingerprint density at radius 2 is 1.85 bits per heavy atom. The van der Waals surface area contributed by atoms with E-state index in [2.05, 4.69) is 10.2 Å². The maximum atomic E-state index is 12.3. The summed E-state index contributed by atoms with van der Waals surface area (Å²) in [6.45, 7) is 1.45. The maximum absolute atomic E-state index is 12.3. The molecule has 3 rings (SSSR count). The fraction of sp³-hybridized carbons (Fsp3) is 0.167. The van der Waals surface area contributed by atoms with Gasteiger partial charge in [0.15, 0.2) is 16.4 Å². The fourth-order valence-electron chi connectivity index (χ4n) is 2.28. The molecule has 0 radical (unpaired) electrons. The molecule has 2 aromatic carbocycles. The number of ether oxygens (including phenoxy) is 1. The largest absolute Gasteiger partial charge is 0.452 e. The summed E-state index contributed by atoms with van der Waals surface area (Å²) in [7, 11) is -3.43. The fourth-order valence-corrected chi connectivity index (χ4v) is 3.05. The second kappa shape index (κ2) is 7.50. The Hall–Kier alpha value is -2.71. The van der Waals surface area contributed by atoms with E-state index >= 15 is 0 Å². The Kier molecular flexibility index (Phi) is 5.29. The van der Waals surface area contributed by atoms with Gasteiger partial charge in [-0.3, -0.25) is 0 Å². The van der Waals surface area contributed by atoms with Crippen molar-refractivity contribution in [2.45, 2.75) is 18.4 Å². The molecule has 0 atom stereocenters. The number of halogens is 1. The van der Waals surface area contributed by atoms with Crippen LogP contribution in [-0.2, 0) is 21.2 Å². The molecule has 9 heteroatoms. The van der Waals surface area contributed by atoms with E-state index in [1.165, 1.54) is 12.1 Å². The smallest absolute Gasteiger partial charge is 0.338 e. The molecule has 1 aromatic heterocycles. The minimum Gasteiger partial charge on any atom is -0.452 e. The quantitative estimate of drug-likeness (QED) is 0.598. The van der Waals surface area contributed by atoms with Crippen LogP contribution >= 0.6 is 11.6 Å². The highest BCUT2D eigenvalue weighted by Crippen LogP contribution is 2.21. The molecular formula is C18H15ClN2O5S. The molecular weight excluding hydrogens is 392 g/mol. The van der Waals surface area contributed by atoms with E-state index in [9.17, 15) is 13.2 Å². The van der Waals surface area contributed by atoms with Gasteiger partial charge in [0.1, 0.15) is 0 Å². The number of esters is 1. The summed E-state index contributed by atoms with van der Waals surface area (Å²) in [4.78, 5) is 12.4. The molecule has 0 aliphatic rings.